The van der Waals surface area contributed by atoms with Gasteiger partial charge in [0.1, 0.15) is 36.6 Å². The van der Waals surface area contributed by atoms with Crippen LogP contribution in [0.15, 0.2) is 91.0 Å². The Morgan fingerprint density at radius 1 is 0.400 bits per heavy atom. The van der Waals surface area contributed by atoms with Gasteiger partial charge in [-0.1, -0.05) is 91.0 Å². The van der Waals surface area contributed by atoms with E-state index in [4.69, 9.17) is 27.8 Å². The summed E-state index contributed by atoms with van der Waals surface area (Å²) in [6.07, 6.45) is -11.2. The molecular formula is C27H33O15P3. The maximum absolute atomic E-state index is 12.3. The smallest absolute Gasteiger partial charge is 0.368 e. The minimum Gasteiger partial charge on any atom is -0.368 e. The highest BCUT2D eigenvalue weighted by Crippen LogP contribution is 2.51. The molecule has 246 valence electrons. The molecule has 3 aromatic carbocycles. The van der Waals surface area contributed by atoms with E-state index in [1.165, 1.54) is 0 Å². The van der Waals surface area contributed by atoms with Crippen LogP contribution in [0.4, 0.5) is 0 Å². The molecule has 3 aromatic rings. The molecular weight excluding hydrogens is 657 g/mol. The summed E-state index contributed by atoms with van der Waals surface area (Å²) in [5.74, 6) is 0. The van der Waals surface area contributed by atoms with Crippen LogP contribution >= 0.6 is 23.5 Å². The second kappa shape index (κ2) is 15.6. The zero-order valence-corrected chi connectivity index (χ0v) is 26.1. The molecule has 0 heterocycles. The summed E-state index contributed by atoms with van der Waals surface area (Å²) >= 11 is 0. The molecule has 0 bridgehead atoms. The van der Waals surface area contributed by atoms with Crippen molar-refractivity contribution in [3.8, 4) is 0 Å². The quantitative estimate of drug-likeness (QED) is 0.126. The van der Waals surface area contributed by atoms with E-state index in [0.717, 1.165) is 0 Å². The molecule has 0 saturated heterocycles. The van der Waals surface area contributed by atoms with Crippen molar-refractivity contribution in [1.29, 1.82) is 0 Å². The molecule has 1 aliphatic carbocycles. The molecule has 0 spiro atoms. The number of rotatable bonds is 15. The predicted octanol–water partition coefficient (Wildman–Crippen LogP) is 3.19. The van der Waals surface area contributed by atoms with E-state index in [1.807, 2.05) is 0 Å². The number of ether oxygens (including phenoxy) is 3. The van der Waals surface area contributed by atoms with E-state index < -0.39 is 60.1 Å². The van der Waals surface area contributed by atoms with Gasteiger partial charge in [0, 0.05) is 0 Å². The van der Waals surface area contributed by atoms with Gasteiger partial charge < -0.3 is 43.6 Å². The van der Waals surface area contributed by atoms with Crippen molar-refractivity contribution < 1.29 is 70.8 Å². The zero-order valence-electron chi connectivity index (χ0n) is 23.4. The van der Waals surface area contributed by atoms with Crippen LogP contribution in [0.2, 0.25) is 0 Å². The van der Waals surface area contributed by atoms with Gasteiger partial charge in [-0.05, 0) is 16.7 Å². The summed E-state index contributed by atoms with van der Waals surface area (Å²) in [7, 11) is -16.4. The third-order valence-corrected chi connectivity index (χ3v) is 8.13. The fourth-order valence-corrected chi connectivity index (χ4v) is 6.50. The normalized spacial score (nSPS) is 24.4. The van der Waals surface area contributed by atoms with E-state index >= 15 is 0 Å². The molecule has 45 heavy (non-hydrogen) atoms. The summed E-state index contributed by atoms with van der Waals surface area (Å²) in [6, 6.07) is 25.3. The Labute approximate surface area is 258 Å². The van der Waals surface area contributed by atoms with E-state index in [2.05, 4.69) is 0 Å². The Morgan fingerprint density at radius 2 is 0.622 bits per heavy atom. The van der Waals surface area contributed by atoms with Gasteiger partial charge in [0.25, 0.3) is 0 Å². The average Bonchev–Trinajstić information content (AvgIpc) is 2.96. The molecule has 0 radical (unpaired) electrons. The van der Waals surface area contributed by atoms with Crippen molar-refractivity contribution in [2.24, 2.45) is 0 Å². The third-order valence-electron chi connectivity index (χ3n) is 6.58. The number of benzene rings is 3. The van der Waals surface area contributed by atoms with Crippen molar-refractivity contribution in [3.63, 3.8) is 0 Å². The van der Waals surface area contributed by atoms with Crippen LogP contribution in [-0.2, 0) is 61.3 Å². The Morgan fingerprint density at radius 3 is 0.867 bits per heavy atom. The maximum Gasteiger partial charge on any atom is 0.470 e. The van der Waals surface area contributed by atoms with Crippen molar-refractivity contribution >= 4 is 23.5 Å². The second-order valence-electron chi connectivity index (χ2n) is 9.97. The first-order chi connectivity index (χ1) is 21.2. The van der Waals surface area contributed by atoms with Crippen LogP contribution in [0.25, 0.3) is 0 Å². The molecule has 1 fully saturated rings. The zero-order chi connectivity index (χ0) is 32.7. The van der Waals surface area contributed by atoms with Gasteiger partial charge in [0.2, 0.25) is 0 Å². The molecule has 0 amide bonds. The van der Waals surface area contributed by atoms with Gasteiger partial charge in [0.15, 0.2) is 0 Å². The topological polar surface area (TPSA) is 228 Å². The van der Waals surface area contributed by atoms with Gasteiger partial charge in [-0.15, -0.1) is 0 Å². The van der Waals surface area contributed by atoms with Crippen LogP contribution < -0.4 is 0 Å². The lowest BCUT2D eigenvalue weighted by molar-refractivity contribution is -0.252. The molecule has 1 aliphatic rings. The Hall–Kier alpha value is -2.13. The lowest BCUT2D eigenvalue weighted by atomic mass is 9.84. The molecule has 18 heteroatoms. The monoisotopic (exact) mass is 690 g/mol. The highest BCUT2D eigenvalue weighted by Gasteiger charge is 2.59. The number of phosphoric acid groups is 3. The third kappa shape index (κ3) is 11.6. The summed E-state index contributed by atoms with van der Waals surface area (Å²) in [5, 5.41) is 0. The largest absolute Gasteiger partial charge is 0.470 e. The predicted molar refractivity (Wildman–Crippen MR) is 156 cm³/mol. The number of hydrogen-bond donors (Lipinski definition) is 6. The lowest BCUT2D eigenvalue weighted by Crippen LogP contribution is -2.67. The maximum atomic E-state index is 12.3. The first kappa shape index (κ1) is 35.7. The molecule has 4 rings (SSSR count). The Balaban J connectivity index is 1.84. The first-order valence-electron chi connectivity index (χ1n) is 13.4. The van der Waals surface area contributed by atoms with E-state index in [-0.39, 0.29) is 19.8 Å². The minimum atomic E-state index is -5.49. The second-order valence-corrected chi connectivity index (χ2v) is 13.5. The van der Waals surface area contributed by atoms with Crippen molar-refractivity contribution in [2.75, 3.05) is 0 Å². The van der Waals surface area contributed by atoms with E-state index in [0.29, 0.717) is 16.7 Å². The number of phosphoric ester groups is 3. The van der Waals surface area contributed by atoms with Gasteiger partial charge in [-0.2, -0.15) is 0 Å². The van der Waals surface area contributed by atoms with Gasteiger partial charge in [-0.3, -0.25) is 13.6 Å². The molecule has 1 saturated carbocycles. The van der Waals surface area contributed by atoms with Crippen molar-refractivity contribution in [3.05, 3.63) is 108 Å². The van der Waals surface area contributed by atoms with Crippen LogP contribution in [0.5, 0.6) is 0 Å². The van der Waals surface area contributed by atoms with Gasteiger partial charge >= 0.3 is 23.5 Å². The van der Waals surface area contributed by atoms with Crippen LogP contribution in [0.3, 0.4) is 0 Å². The first-order valence-corrected chi connectivity index (χ1v) is 18.0. The Kier molecular flexibility index (Phi) is 12.4. The fourth-order valence-electron chi connectivity index (χ4n) is 4.83. The van der Waals surface area contributed by atoms with Crippen LogP contribution in [-0.4, -0.2) is 66.0 Å². The highest BCUT2D eigenvalue weighted by atomic mass is 31.2. The number of hydrogen-bond acceptors (Lipinski definition) is 9. The summed E-state index contributed by atoms with van der Waals surface area (Å²) in [4.78, 5) is 59.3. The minimum absolute atomic E-state index is 0.213. The Bertz CT molecular complexity index is 1480. The summed E-state index contributed by atoms with van der Waals surface area (Å²) < 4.78 is 69.9. The molecule has 6 N–H and O–H groups in total. The van der Waals surface area contributed by atoms with E-state index in [1.54, 1.807) is 91.0 Å². The SMILES string of the molecule is O=P(O)(O)O[C@@H]1[C@@H](OCc2ccccc2)[C@H](OP(=O)(O)O)[C@@H](OP(=O)(O)O)[C@H](OCc2ccccc2)[C@@H]1OCc1ccccc1. The highest BCUT2D eigenvalue weighted by molar-refractivity contribution is 7.46. The molecule has 0 unspecified atom stereocenters. The van der Waals surface area contributed by atoms with Crippen LogP contribution in [0, 0.1) is 0 Å². The fraction of sp³-hybridized carbons (Fsp3) is 0.333. The molecule has 0 aromatic heterocycles. The van der Waals surface area contributed by atoms with Crippen molar-refractivity contribution in [1.82, 2.24) is 0 Å². The molecule has 6 atom stereocenters. The van der Waals surface area contributed by atoms with Gasteiger partial charge in [0.05, 0.1) is 19.8 Å². The van der Waals surface area contributed by atoms with Crippen molar-refractivity contribution in [2.45, 2.75) is 56.4 Å². The standard InChI is InChI=1S/C27H33O15P3/c28-43(29,30)40-25-22(37-16-19-10-4-1-5-11-19)23(38-17-20-12-6-2-7-13-20)26(41-44(31,32)33)27(42-45(34,35)36)24(25)39-18-21-14-8-3-9-15-21/h1-15,22-27H,16-18H2,(H2,28,29,30)(H2,31,32,33)(H2,34,35,36)/t22-,23+,24+,25-,26-,27-/m0/s1. The van der Waals surface area contributed by atoms with Crippen LogP contribution in [0.1, 0.15) is 16.7 Å². The average molecular weight is 690 g/mol. The molecule has 0 aliphatic heterocycles. The lowest BCUT2D eigenvalue weighted by Gasteiger charge is -2.49. The summed E-state index contributed by atoms with van der Waals surface area (Å²) in [5.41, 5.74) is 1.69. The van der Waals surface area contributed by atoms with Gasteiger partial charge in [-0.25, -0.2) is 13.7 Å². The molecule has 15 nitrogen and oxygen atoms in total. The summed E-state index contributed by atoms with van der Waals surface area (Å²) in [6.45, 7) is -0.772. The van der Waals surface area contributed by atoms with E-state index in [9.17, 15) is 43.1 Å².